The van der Waals surface area contributed by atoms with E-state index in [0.29, 0.717) is 6.61 Å². The van der Waals surface area contributed by atoms with E-state index in [1.165, 1.54) is 11.1 Å². The van der Waals surface area contributed by atoms with Crippen molar-refractivity contribution in [1.29, 1.82) is 0 Å². The van der Waals surface area contributed by atoms with Gasteiger partial charge in [0.1, 0.15) is 6.61 Å². The lowest BCUT2D eigenvalue weighted by molar-refractivity contribution is -0.126. The Balaban J connectivity index is 2.35. The number of amides is 1. The van der Waals surface area contributed by atoms with Gasteiger partial charge < -0.3 is 10.1 Å². The first-order chi connectivity index (χ1) is 8.63. The standard InChI is InChI=1S/C15H23NO2/c1-4-9-18-11-15(17)16-13(3)10-14-8-6-5-7-12(14)2/h5-8,13H,4,9-11H2,1-3H3,(H,16,17). The van der Waals surface area contributed by atoms with Gasteiger partial charge in [0.05, 0.1) is 0 Å². The van der Waals surface area contributed by atoms with Crippen molar-refractivity contribution in [2.24, 2.45) is 0 Å². The molecule has 3 heteroatoms. The second-order valence-electron chi connectivity index (χ2n) is 4.65. The van der Waals surface area contributed by atoms with E-state index in [1.54, 1.807) is 0 Å². The molecule has 1 amide bonds. The van der Waals surface area contributed by atoms with Crippen molar-refractivity contribution in [1.82, 2.24) is 5.32 Å². The Kier molecular flexibility index (Phi) is 6.44. The van der Waals surface area contributed by atoms with Gasteiger partial charge in [-0.2, -0.15) is 0 Å². The number of hydrogen-bond acceptors (Lipinski definition) is 2. The number of aryl methyl sites for hydroxylation is 1. The second-order valence-corrected chi connectivity index (χ2v) is 4.65. The van der Waals surface area contributed by atoms with E-state index in [4.69, 9.17) is 4.74 Å². The molecular formula is C15H23NO2. The average Bonchev–Trinajstić information content (AvgIpc) is 2.32. The molecule has 0 radical (unpaired) electrons. The largest absolute Gasteiger partial charge is 0.372 e. The van der Waals surface area contributed by atoms with Gasteiger partial charge in [-0.15, -0.1) is 0 Å². The number of rotatable bonds is 7. The molecule has 0 aliphatic heterocycles. The van der Waals surface area contributed by atoms with Gasteiger partial charge in [0, 0.05) is 12.6 Å². The molecule has 0 aliphatic carbocycles. The van der Waals surface area contributed by atoms with Crippen LogP contribution in [-0.4, -0.2) is 25.2 Å². The molecule has 0 spiro atoms. The van der Waals surface area contributed by atoms with Crippen LogP contribution in [0.3, 0.4) is 0 Å². The van der Waals surface area contributed by atoms with Crippen molar-refractivity contribution in [3.8, 4) is 0 Å². The van der Waals surface area contributed by atoms with Gasteiger partial charge in [-0.1, -0.05) is 31.2 Å². The van der Waals surface area contributed by atoms with E-state index < -0.39 is 0 Å². The van der Waals surface area contributed by atoms with E-state index in [1.807, 2.05) is 26.0 Å². The first kappa shape index (κ1) is 14.7. The fraction of sp³-hybridized carbons (Fsp3) is 0.533. The molecular weight excluding hydrogens is 226 g/mol. The highest BCUT2D eigenvalue weighted by Gasteiger charge is 2.09. The Morgan fingerprint density at radius 3 is 2.78 bits per heavy atom. The van der Waals surface area contributed by atoms with Crippen LogP contribution >= 0.6 is 0 Å². The lowest BCUT2D eigenvalue weighted by atomic mass is 10.0. The third kappa shape index (κ3) is 5.32. The fourth-order valence-electron chi connectivity index (χ4n) is 1.85. The summed E-state index contributed by atoms with van der Waals surface area (Å²) in [7, 11) is 0. The molecule has 1 unspecified atom stereocenters. The number of carbonyl (C=O) groups is 1. The summed E-state index contributed by atoms with van der Waals surface area (Å²) >= 11 is 0. The first-order valence-corrected chi connectivity index (χ1v) is 6.55. The van der Waals surface area contributed by atoms with Crippen molar-refractivity contribution in [3.63, 3.8) is 0 Å². The Hall–Kier alpha value is -1.35. The molecule has 18 heavy (non-hydrogen) atoms. The van der Waals surface area contributed by atoms with Crippen LogP contribution < -0.4 is 5.32 Å². The SMILES string of the molecule is CCCOCC(=O)NC(C)Cc1ccccc1C. The molecule has 0 heterocycles. The third-order valence-corrected chi connectivity index (χ3v) is 2.78. The minimum atomic E-state index is -0.0375. The summed E-state index contributed by atoms with van der Waals surface area (Å²) in [6.45, 7) is 6.93. The zero-order chi connectivity index (χ0) is 13.4. The summed E-state index contributed by atoms with van der Waals surface area (Å²) in [5.41, 5.74) is 2.54. The predicted molar refractivity (Wildman–Crippen MR) is 73.6 cm³/mol. The Morgan fingerprint density at radius 1 is 1.39 bits per heavy atom. The molecule has 1 rings (SSSR count). The number of benzene rings is 1. The van der Waals surface area contributed by atoms with Gasteiger partial charge >= 0.3 is 0 Å². The Morgan fingerprint density at radius 2 is 2.11 bits per heavy atom. The summed E-state index contributed by atoms with van der Waals surface area (Å²) < 4.78 is 5.21. The summed E-state index contributed by atoms with van der Waals surface area (Å²) in [6, 6.07) is 8.38. The Labute approximate surface area is 110 Å². The molecule has 1 aromatic carbocycles. The van der Waals surface area contributed by atoms with Gasteiger partial charge in [0.25, 0.3) is 0 Å². The van der Waals surface area contributed by atoms with Gasteiger partial charge in [0.2, 0.25) is 5.91 Å². The molecule has 1 N–H and O–H groups in total. The van der Waals surface area contributed by atoms with E-state index in [0.717, 1.165) is 12.8 Å². The van der Waals surface area contributed by atoms with Crippen molar-refractivity contribution in [2.45, 2.75) is 39.7 Å². The smallest absolute Gasteiger partial charge is 0.246 e. The molecule has 0 aliphatic rings. The fourth-order valence-corrected chi connectivity index (χ4v) is 1.85. The van der Waals surface area contributed by atoms with E-state index in [2.05, 4.69) is 24.4 Å². The number of hydrogen-bond donors (Lipinski definition) is 1. The average molecular weight is 249 g/mol. The van der Waals surface area contributed by atoms with E-state index >= 15 is 0 Å². The van der Waals surface area contributed by atoms with Crippen LogP contribution in [0.4, 0.5) is 0 Å². The molecule has 1 atom stereocenters. The molecule has 100 valence electrons. The topological polar surface area (TPSA) is 38.3 Å². The van der Waals surface area contributed by atoms with Crippen LogP contribution in [0.1, 0.15) is 31.4 Å². The summed E-state index contributed by atoms with van der Waals surface area (Å²) in [6.07, 6.45) is 1.79. The van der Waals surface area contributed by atoms with Crippen LogP contribution in [0.2, 0.25) is 0 Å². The number of carbonyl (C=O) groups excluding carboxylic acids is 1. The monoisotopic (exact) mass is 249 g/mol. The lowest BCUT2D eigenvalue weighted by Crippen LogP contribution is -2.36. The highest BCUT2D eigenvalue weighted by atomic mass is 16.5. The zero-order valence-electron chi connectivity index (χ0n) is 11.5. The number of ether oxygens (including phenoxy) is 1. The maximum atomic E-state index is 11.6. The molecule has 1 aromatic rings. The molecule has 3 nitrogen and oxygen atoms in total. The third-order valence-electron chi connectivity index (χ3n) is 2.78. The summed E-state index contributed by atoms with van der Waals surface area (Å²) in [4.78, 5) is 11.6. The first-order valence-electron chi connectivity index (χ1n) is 6.55. The molecule has 0 saturated carbocycles. The van der Waals surface area contributed by atoms with Gasteiger partial charge in [-0.25, -0.2) is 0 Å². The van der Waals surface area contributed by atoms with E-state index in [-0.39, 0.29) is 18.6 Å². The highest BCUT2D eigenvalue weighted by Crippen LogP contribution is 2.09. The maximum absolute atomic E-state index is 11.6. The highest BCUT2D eigenvalue weighted by molar-refractivity contribution is 5.77. The second kappa shape index (κ2) is 7.88. The Bertz CT molecular complexity index is 377. The van der Waals surface area contributed by atoms with Crippen LogP contribution in [0, 0.1) is 6.92 Å². The van der Waals surface area contributed by atoms with Crippen LogP contribution in [0.15, 0.2) is 24.3 Å². The van der Waals surface area contributed by atoms with Crippen LogP contribution in [-0.2, 0) is 16.0 Å². The van der Waals surface area contributed by atoms with E-state index in [9.17, 15) is 4.79 Å². The van der Waals surface area contributed by atoms with Crippen molar-refractivity contribution in [3.05, 3.63) is 35.4 Å². The van der Waals surface area contributed by atoms with Crippen LogP contribution in [0.25, 0.3) is 0 Å². The van der Waals surface area contributed by atoms with Crippen molar-refractivity contribution < 1.29 is 9.53 Å². The molecule has 0 aromatic heterocycles. The van der Waals surface area contributed by atoms with Gasteiger partial charge in [-0.05, 0) is 37.8 Å². The predicted octanol–water partition coefficient (Wildman–Crippen LogP) is 2.47. The molecule has 0 bridgehead atoms. The van der Waals surface area contributed by atoms with Gasteiger partial charge in [0.15, 0.2) is 0 Å². The summed E-state index contributed by atoms with van der Waals surface area (Å²) in [5.74, 6) is -0.0375. The quantitative estimate of drug-likeness (QED) is 0.754. The lowest BCUT2D eigenvalue weighted by Gasteiger charge is -2.15. The van der Waals surface area contributed by atoms with Crippen molar-refractivity contribution in [2.75, 3.05) is 13.2 Å². The number of nitrogens with one attached hydrogen (secondary N) is 1. The van der Waals surface area contributed by atoms with Crippen LogP contribution in [0.5, 0.6) is 0 Å². The van der Waals surface area contributed by atoms with Gasteiger partial charge in [-0.3, -0.25) is 4.79 Å². The zero-order valence-corrected chi connectivity index (χ0v) is 11.5. The molecule has 0 fully saturated rings. The summed E-state index contributed by atoms with van der Waals surface area (Å²) in [5, 5.41) is 2.95. The minimum Gasteiger partial charge on any atom is -0.372 e. The normalized spacial score (nSPS) is 12.2. The minimum absolute atomic E-state index is 0.0375. The maximum Gasteiger partial charge on any atom is 0.246 e. The molecule has 0 saturated heterocycles. The van der Waals surface area contributed by atoms with Crippen molar-refractivity contribution >= 4 is 5.91 Å².